The van der Waals surface area contributed by atoms with Gasteiger partial charge < -0.3 is 25.1 Å². The molecule has 0 saturated heterocycles. The van der Waals surface area contributed by atoms with E-state index < -0.39 is 12.9 Å². The standard InChI is InChI=1S/C22H26N6O3/c1-5-28-7-6-17-19(22(28)31)16(11-27(17)4)25-15-9-18(24-10-14(15)20(29)23-3)26-21(30)13-8-12(13)2/h6-7,9-13H,5,8H2,1-4H3,(H,23,29)(H2,24,25,26,30)/t12-,13-/m1/s1/i3D3. The molecule has 4 rings (SSSR count). The van der Waals surface area contributed by atoms with Gasteiger partial charge >= 0.3 is 0 Å². The molecule has 0 unspecified atom stereocenters. The average molecular weight is 426 g/mol. The molecular formula is C22H26N6O3. The number of hydrogen-bond donors (Lipinski definition) is 3. The van der Waals surface area contributed by atoms with Crippen LogP contribution >= 0.6 is 0 Å². The summed E-state index contributed by atoms with van der Waals surface area (Å²) in [6.07, 6.45) is 5.42. The molecule has 31 heavy (non-hydrogen) atoms. The van der Waals surface area contributed by atoms with Crippen molar-refractivity contribution in [1.29, 1.82) is 0 Å². The zero-order chi connectivity index (χ0) is 24.8. The van der Waals surface area contributed by atoms with Gasteiger partial charge in [0.05, 0.1) is 27.8 Å². The Hall–Kier alpha value is -3.62. The highest BCUT2D eigenvalue weighted by molar-refractivity contribution is 6.03. The number of nitrogens with one attached hydrogen (secondary N) is 3. The number of amides is 2. The Morgan fingerprint density at radius 2 is 2.13 bits per heavy atom. The van der Waals surface area contributed by atoms with Gasteiger partial charge in [0.25, 0.3) is 11.5 Å². The molecule has 1 saturated carbocycles. The summed E-state index contributed by atoms with van der Waals surface area (Å²) in [4.78, 5) is 42.2. The molecule has 162 valence electrons. The van der Waals surface area contributed by atoms with E-state index in [2.05, 4.69) is 15.6 Å². The first kappa shape index (κ1) is 17.1. The lowest BCUT2D eigenvalue weighted by Gasteiger charge is -2.13. The van der Waals surface area contributed by atoms with Crippen LogP contribution in [0.25, 0.3) is 10.9 Å². The SMILES string of the molecule is [2H]C([2H])([2H])NC(=O)c1cnc(NC(=O)[C@@H]2C[C@H]2C)cc1Nc1cn(C)c2ccn(CC)c(=O)c12. The van der Waals surface area contributed by atoms with Crippen LogP contribution in [0.4, 0.5) is 17.2 Å². The number of fused-ring (bicyclic) bond motifs is 1. The third-order valence-corrected chi connectivity index (χ3v) is 5.68. The van der Waals surface area contributed by atoms with Gasteiger partial charge in [0.2, 0.25) is 5.91 Å². The zero-order valence-electron chi connectivity index (χ0n) is 20.5. The van der Waals surface area contributed by atoms with Crippen molar-refractivity contribution in [3.63, 3.8) is 0 Å². The first-order valence-corrected chi connectivity index (χ1v) is 10.1. The highest BCUT2D eigenvalue weighted by atomic mass is 16.2. The summed E-state index contributed by atoms with van der Waals surface area (Å²) in [5.74, 6) is -0.597. The predicted molar refractivity (Wildman–Crippen MR) is 120 cm³/mol. The lowest BCUT2D eigenvalue weighted by molar-refractivity contribution is -0.117. The maximum absolute atomic E-state index is 13.0. The van der Waals surface area contributed by atoms with E-state index in [1.165, 1.54) is 12.3 Å². The van der Waals surface area contributed by atoms with Crippen molar-refractivity contribution in [2.45, 2.75) is 26.8 Å². The molecule has 0 spiro atoms. The summed E-state index contributed by atoms with van der Waals surface area (Å²) in [6, 6.07) is 3.28. The lowest BCUT2D eigenvalue weighted by atomic mass is 10.2. The summed E-state index contributed by atoms with van der Waals surface area (Å²) in [5.41, 5.74) is 1.08. The van der Waals surface area contributed by atoms with Crippen LogP contribution in [0, 0.1) is 11.8 Å². The fourth-order valence-corrected chi connectivity index (χ4v) is 3.71. The smallest absolute Gasteiger partial charge is 0.262 e. The number of anilines is 3. The minimum Gasteiger partial charge on any atom is -0.355 e. The van der Waals surface area contributed by atoms with Crippen LogP contribution in [0.3, 0.4) is 0 Å². The van der Waals surface area contributed by atoms with Crippen molar-refractivity contribution in [2.75, 3.05) is 17.6 Å². The van der Waals surface area contributed by atoms with Gasteiger partial charge in [0.1, 0.15) is 5.82 Å². The van der Waals surface area contributed by atoms with Crippen molar-refractivity contribution in [2.24, 2.45) is 18.9 Å². The largest absolute Gasteiger partial charge is 0.355 e. The first-order chi connectivity index (χ1) is 16.0. The van der Waals surface area contributed by atoms with Crippen molar-refractivity contribution in [1.82, 2.24) is 19.4 Å². The average Bonchev–Trinajstić information content (AvgIpc) is 3.40. The van der Waals surface area contributed by atoms with Crippen LogP contribution < -0.4 is 21.5 Å². The minimum absolute atomic E-state index is 0.0438. The van der Waals surface area contributed by atoms with Crippen molar-refractivity contribution in [3.05, 3.63) is 46.6 Å². The molecule has 3 heterocycles. The Bertz CT molecular complexity index is 1340. The fourth-order valence-electron chi connectivity index (χ4n) is 3.71. The lowest BCUT2D eigenvalue weighted by Crippen LogP contribution is -2.21. The van der Waals surface area contributed by atoms with E-state index >= 15 is 0 Å². The van der Waals surface area contributed by atoms with Crippen molar-refractivity contribution in [3.8, 4) is 0 Å². The molecule has 3 aromatic heterocycles. The molecule has 2 amide bonds. The Labute approximate surface area is 183 Å². The Morgan fingerprint density at radius 3 is 2.81 bits per heavy atom. The first-order valence-electron chi connectivity index (χ1n) is 11.6. The topological polar surface area (TPSA) is 110 Å². The van der Waals surface area contributed by atoms with E-state index in [1.54, 1.807) is 28.6 Å². The molecule has 9 heteroatoms. The van der Waals surface area contributed by atoms with Crippen LogP contribution in [0.1, 0.15) is 34.7 Å². The second kappa shape index (κ2) is 7.90. The second-order valence-electron chi connectivity index (χ2n) is 7.82. The third-order valence-electron chi connectivity index (χ3n) is 5.68. The van der Waals surface area contributed by atoms with E-state index in [-0.39, 0.29) is 34.5 Å². The zero-order valence-corrected chi connectivity index (χ0v) is 17.5. The Balaban J connectivity index is 1.76. The number of hydrogen-bond acceptors (Lipinski definition) is 5. The normalized spacial score (nSPS) is 19.3. The van der Waals surface area contributed by atoms with Crippen LogP contribution in [0.15, 0.2) is 35.5 Å². The maximum Gasteiger partial charge on any atom is 0.262 e. The van der Waals surface area contributed by atoms with Crippen molar-refractivity contribution >= 4 is 39.9 Å². The molecule has 1 aliphatic carbocycles. The van der Waals surface area contributed by atoms with E-state index in [0.717, 1.165) is 6.42 Å². The number of carbonyl (C=O) groups excluding carboxylic acids is 2. The van der Waals surface area contributed by atoms with Gasteiger partial charge in [-0.1, -0.05) is 6.92 Å². The number of aromatic nitrogens is 3. The van der Waals surface area contributed by atoms with E-state index in [9.17, 15) is 14.4 Å². The van der Waals surface area contributed by atoms with Crippen LogP contribution in [0.5, 0.6) is 0 Å². The molecular weight excluding hydrogens is 396 g/mol. The molecule has 1 fully saturated rings. The molecule has 0 aliphatic heterocycles. The van der Waals surface area contributed by atoms with Gasteiger partial charge in [-0.3, -0.25) is 14.4 Å². The quantitative estimate of drug-likeness (QED) is 0.562. The Kier molecular flexibility index (Phi) is 4.36. The molecule has 2 atom stereocenters. The van der Waals surface area contributed by atoms with E-state index in [0.29, 0.717) is 29.1 Å². The number of rotatable bonds is 6. The van der Waals surface area contributed by atoms with E-state index in [4.69, 9.17) is 4.11 Å². The summed E-state index contributed by atoms with van der Waals surface area (Å²) in [5, 5.41) is 8.21. The molecule has 0 bridgehead atoms. The van der Waals surface area contributed by atoms with Gasteiger partial charge in [0, 0.05) is 55.3 Å². The number of nitrogens with zero attached hydrogens (tertiary/aromatic N) is 3. The number of carbonyl (C=O) groups is 2. The van der Waals surface area contributed by atoms with Gasteiger partial charge in [0.15, 0.2) is 0 Å². The fraction of sp³-hybridized carbons (Fsp3) is 0.364. The van der Waals surface area contributed by atoms with Gasteiger partial charge in [-0.15, -0.1) is 0 Å². The molecule has 3 N–H and O–H groups in total. The molecule has 0 aromatic carbocycles. The highest BCUT2D eigenvalue weighted by Crippen LogP contribution is 2.38. The van der Waals surface area contributed by atoms with Gasteiger partial charge in [-0.25, -0.2) is 4.98 Å². The number of aryl methyl sites for hydroxylation is 2. The maximum atomic E-state index is 13.0. The molecule has 1 aliphatic rings. The van der Waals surface area contributed by atoms with Crippen LogP contribution in [-0.2, 0) is 18.4 Å². The predicted octanol–water partition coefficient (Wildman–Crippen LogP) is 2.45. The summed E-state index contributed by atoms with van der Waals surface area (Å²) < 4.78 is 25.4. The highest BCUT2D eigenvalue weighted by Gasteiger charge is 2.39. The molecule has 3 aromatic rings. The monoisotopic (exact) mass is 425 g/mol. The summed E-state index contributed by atoms with van der Waals surface area (Å²) >= 11 is 0. The number of pyridine rings is 2. The summed E-state index contributed by atoms with van der Waals surface area (Å²) in [7, 11) is 1.79. The second-order valence-corrected chi connectivity index (χ2v) is 7.82. The van der Waals surface area contributed by atoms with Crippen LogP contribution in [0.2, 0.25) is 0 Å². The van der Waals surface area contributed by atoms with Gasteiger partial charge in [-0.2, -0.15) is 0 Å². The molecule has 0 radical (unpaired) electrons. The summed E-state index contributed by atoms with van der Waals surface area (Å²) in [6.45, 7) is 1.63. The molecule has 9 nitrogen and oxygen atoms in total. The van der Waals surface area contributed by atoms with Crippen molar-refractivity contribution < 1.29 is 13.7 Å². The van der Waals surface area contributed by atoms with Gasteiger partial charge in [-0.05, 0) is 25.3 Å². The van der Waals surface area contributed by atoms with Crippen LogP contribution in [-0.4, -0.2) is 32.9 Å². The van der Waals surface area contributed by atoms with E-state index in [1.807, 2.05) is 25.2 Å². The third kappa shape index (κ3) is 3.78. The Morgan fingerprint density at radius 1 is 1.35 bits per heavy atom. The minimum atomic E-state index is -2.70.